The van der Waals surface area contributed by atoms with Gasteiger partial charge in [-0.25, -0.2) is 0 Å². The third kappa shape index (κ3) is 2.61. The van der Waals surface area contributed by atoms with Gasteiger partial charge < -0.3 is 19.9 Å². The molecule has 2 aromatic carbocycles. The number of benzene rings is 2. The van der Waals surface area contributed by atoms with Gasteiger partial charge in [-0.2, -0.15) is 0 Å². The minimum Gasteiger partial charge on any atom is -0.508 e. The van der Waals surface area contributed by atoms with E-state index in [1.807, 2.05) is 35.7 Å². The highest BCUT2D eigenvalue weighted by Crippen LogP contribution is 2.37. The molecule has 1 saturated heterocycles. The number of nitrogens with one attached hydrogen (secondary N) is 1. The van der Waals surface area contributed by atoms with Gasteiger partial charge in [0.15, 0.2) is 0 Å². The maximum atomic E-state index is 9.50. The highest BCUT2D eigenvalue weighted by Gasteiger charge is 2.18. The fourth-order valence-corrected chi connectivity index (χ4v) is 3.22. The predicted octanol–water partition coefficient (Wildman–Crippen LogP) is 3.75. The molecule has 4 nitrogen and oxygen atoms in total. The van der Waals surface area contributed by atoms with Crippen LogP contribution in [0.1, 0.15) is 0 Å². The molecule has 112 valence electrons. The van der Waals surface area contributed by atoms with E-state index < -0.39 is 0 Å². The minimum atomic E-state index is 0.271. The highest BCUT2D eigenvalue weighted by atomic mass is 32.1. The Bertz CT molecular complexity index is 793. The Hall–Kier alpha value is -2.24. The van der Waals surface area contributed by atoms with Gasteiger partial charge in [-0.15, -0.1) is 11.3 Å². The van der Waals surface area contributed by atoms with Crippen LogP contribution in [0.3, 0.4) is 0 Å². The molecule has 22 heavy (non-hydrogen) atoms. The summed E-state index contributed by atoms with van der Waals surface area (Å²) >= 11 is 1.55. The first-order valence-corrected chi connectivity index (χ1v) is 8.01. The lowest BCUT2D eigenvalue weighted by molar-refractivity contribution is 0.142. The van der Waals surface area contributed by atoms with Crippen molar-refractivity contribution in [2.45, 2.75) is 6.10 Å². The number of hydrogen-bond acceptors (Lipinski definition) is 5. The van der Waals surface area contributed by atoms with Crippen LogP contribution in [0, 0.1) is 0 Å². The van der Waals surface area contributed by atoms with E-state index in [-0.39, 0.29) is 11.9 Å². The third-order valence-electron chi connectivity index (χ3n) is 3.62. The first-order chi connectivity index (χ1) is 10.8. The summed E-state index contributed by atoms with van der Waals surface area (Å²) in [6.07, 6.45) is 0.278. The monoisotopic (exact) mass is 313 g/mol. The maximum absolute atomic E-state index is 9.50. The molecule has 0 atom stereocenters. The Kier molecular flexibility index (Phi) is 3.36. The van der Waals surface area contributed by atoms with Crippen LogP contribution < -0.4 is 14.8 Å². The van der Waals surface area contributed by atoms with E-state index in [1.54, 1.807) is 23.5 Å². The molecular formula is C17H15NO3S. The number of thiophene rings is 1. The first-order valence-electron chi connectivity index (χ1n) is 7.13. The van der Waals surface area contributed by atoms with Gasteiger partial charge in [-0.3, -0.25) is 0 Å². The van der Waals surface area contributed by atoms with Crippen molar-refractivity contribution in [1.82, 2.24) is 5.32 Å². The van der Waals surface area contributed by atoms with Crippen LogP contribution in [0.5, 0.6) is 23.0 Å². The van der Waals surface area contributed by atoms with E-state index in [0.29, 0.717) is 0 Å². The summed E-state index contributed by atoms with van der Waals surface area (Å²) in [4.78, 5) is 0. The van der Waals surface area contributed by atoms with Crippen molar-refractivity contribution in [1.29, 1.82) is 0 Å². The van der Waals surface area contributed by atoms with Gasteiger partial charge in [-0.05, 0) is 42.5 Å². The molecule has 0 radical (unpaired) electrons. The number of phenols is 1. The van der Waals surface area contributed by atoms with Gasteiger partial charge in [0.1, 0.15) is 29.1 Å². The van der Waals surface area contributed by atoms with Gasteiger partial charge in [0.25, 0.3) is 0 Å². The molecule has 2 heterocycles. The number of aromatic hydroxyl groups is 1. The maximum Gasteiger partial charge on any atom is 0.145 e. The summed E-state index contributed by atoms with van der Waals surface area (Å²) in [5, 5.41) is 15.6. The summed E-state index contributed by atoms with van der Waals surface area (Å²) in [5.74, 6) is 2.70. The van der Waals surface area contributed by atoms with Gasteiger partial charge in [0, 0.05) is 28.6 Å². The van der Waals surface area contributed by atoms with Gasteiger partial charge >= 0.3 is 0 Å². The summed E-state index contributed by atoms with van der Waals surface area (Å²) in [6.45, 7) is 1.82. The zero-order valence-electron chi connectivity index (χ0n) is 11.8. The number of fused-ring (bicyclic) bond motifs is 1. The molecule has 0 spiro atoms. The number of hydrogen-bond donors (Lipinski definition) is 2. The van der Waals surface area contributed by atoms with Crippen LogP contribution in [0.25, 0.3) is 10.1 Å². The fraction of sp³-hybridized carbons (Fsp3) is 0.176. The fourth-order valence-electron chi connectivity index (χ4n) is 2.32. The van der Waals surface area contributed by atoms with Crippen molar-refractivity contribution in [3.8, 4) is 23.0 Å². The number of ether oxygens (including phenoxy) is 2. The highest BCUT2D eigenvalue weighted by molar-refractivity contribution is 7.17. The second kappa shape index (κ2) is 5.51. The molecule has 0 aliphatic carbocycles. The molecule has 0 unspecified atom stereocenters. The van der Waals surface area contributed by atoms with Gasteiger partial charge in [-0.1, -0.05) is 0 Å². The van der Waals surface area contributed by atoms with E-state index >= 15 is 0 Å². The van der Waals surface area contributed by atoms with Crippen LogP contribution in [0.2, 0.25) is 0 Å². The molecule has 1 fully saturated rings. The van der Waals surface area contributed by atoms with Crippen LogP contribution in [0.4, 0.5) is 0 Å². The van der Waals surface area contributed by atoms with Crippen molar-refractivity contribution < 1.29 is 14.6 Å². The first kappa shape index (κ1) is 13.4. The second-order valence-electron chi connectivity index (χ2n) is 5.25. The summed E-state index contributed by atoms with van der Waals surface area (Å²) in [7, 11) is 0. The van der Waals surface area contributed by atoms with Crippen LogP contribution in [0.15, 0.2) is 47.8 Å². The Morgan fingerprint density at radius 3 is 2.55 bits per heavy atom. The summed E-state index contributed by atoms with van der Waals surface area (Å²) < 4.78 is 12.7. The molecule has 1 aliphatic rings. The molecule has 1 aromatic heterocycles. The van der Waals surface area contributed by atoms with Crippen LogP contribution >= 0.6 is 11.3 Å². The Morgan fingerprint density at radius 2 is 1.82 bits per heavy atom. The molecule has 3 aromatic rings. The Labute approximate surface area is 131 Å². The molecule has 0 bridgehead atoms. The van der Waals surface area contributed by atoms with Crippen molar-refractivity contribution in [2.75, 3.05) is 13.1 Å². The smallest absolute Gasteiger partial charge is 0.145 e. The number of rotatable bonds is 4. The van der Waals surface area contributed by atoms with Crippen LogP contribution in [-0.4, -0.2) is 24.3 Å². The lowest BCUT2D eigenvalue weighted by Gasteiger charge is -2.27. The predicted molar refractivity (Wildman–Crippen MR) is 87.3 cm³/mol. The largest absolute Gasteiger partial charge is 0.508 e. The van der Waals surface area contributed by atoms with Crippen molar-refractivity contribution in [3.05, 3.63) is 47.8 Å². The molecule has 5 heteroatoms. The van der Waals surface area contributed by atoms with E-state index in [1.165, 1.54) is 0 Å². The minimum absolute atomic E-state index is 0.271. The average molecular weight is 313 g/mol. The second-order valence-corrected chi connectivity index (χ2v) is 6.16. The van der Waals surface area contributed by atoms with Gasteiger partial charge in [0.05, 0.1) is 0 Å². The SMILES string of the molecule is Oc1ccc2c(Oc3ccc(OC4CNC4)cc3)csc2c1. The molecule has 0 amide bonds. The standard InChI is InChI=1S/C17H15NO3S/c19-11-1-6-15-16(10-22-17(15)7-11)21-13-4-2-12(3-5-13)20-14-8-18-9-14/h1-7,10,14,18-19H,8-9H2. The molecule has 2 N–H and O–H groups in total. The topological polar surface area (TPSA) is 50.7 Å². The lowest BCUT2D eigenvalue weighted by atomic mass is 10.2. The zero-order chi connectivity index (χ0) is 14.9. The van der Waals surface area contributed by atoms with E-state index in [0.717, 1.165) is 40.4 Å². The zero-order valence-corrected chi connectivity index (χ0v) is 12.6. The molecular weight excluding hydrogens is 298 g/mol. The normalized spacial score (nSPS) is 14.7. The Balaban J connectivity index is 1.51. The van der Waals surface area contributed by atoms with E-state index in [4.69, 9.17) is 9.47 Å². The van der Waals surface area contributed by atoms with Crippen molar-refractivity contribution >= 4 is 21.4 Å². The number of phenolic OH excluding ortho intramolecular Hbond substituents is 1. The quantitative estimate of drug-likeness (QED) is 0.770. The van der Waals surface area contributed by atoms with E-state index in [2.05, 4.69) is 5.32 Å². The lowest BCUT2D eigenvalue weighted by Crippen LogP contribution is -2.50. The Morgan fingerprint density at radius 1 is 1.05 bits per heavy atom. The third-order valence-corrected chi connectivity index (χ3v) is 4.55. The molecule has 4 rings (SSSR count). The van der Waals surface area contributed by atoms with E-state index in [9.17, 15) is 5.11 Å². The van der Waals surface area contributed by atoms with Crippen molar-refractivity contribution in [2.24, 2.45) is 0 Å². The van der Waals surface area contributed by atoms with Crippen LogP contribution in [-0.2, 0) is 0 Å². The van der Waals surface area contributed by atoms with Crippen molar-refractivity contribution in [3.63, 3.8) is 0 Å². The summed E-state index contributed by atoms with van der Waals surface area (Å²) in [6, 6.07) is 13.0. The summed E-state index contributed by atoms with van der Waals surface area (Å²) in [5.41, 5.74) is 0. The average Bonchev–Trinajstić information content (AvgIpc) is 2.87. The van der Waals surface area contributed by atoms with Gasteiger partial charge in [0.2, 0.25) is 0 Å². The molecule has 0 saturated carbocycles. The molecule has 1 aliphatic heterocycles.